The van der Waals surface area contributed by atoms with Crippen LogP contribution in [0.1, 0.15) is 16.8 Å². The van der Waals surface area contributed by atoms with Gasteiger partial charge in [0.1, 0.15) is 24.7 Å². The van der Waals surface area contributed by atoms with Gasteiger partial charge in [-0.1, -0.05) is 30.3 Å². The average molecular weight is 363 g/mol. The molecule has 3 rings (SSSR count). The lowest BCUT2D eigenvalue weighted by molar-refractivity contribution is 0.0785. The van der Waals surface area contributed by atoms with E-state index in [1.165, 1.54) is 0 Å². The maximum absolute atomic E-state index is 12.6. The number of nitrogens with two attached hydrogens (primary N) is 1. The summed E-state index contributed by atoms with van der Waals surface area (Å²) in [6, 6.07) is 17.0. The van der Waals surface area contributed by atoms with Crippen molar-refractivity contribution in [1.29, 1.82) is 0 Å². The molecule has 0 saturated carbocycles. The number of nitrogens with zero attached hydrogens (tertiary/aromatic N) is 1. The molecule has 1 amide bonds. The molecule has 134 valence electrons. The highest BCUT2D eigenvalue weighted by Crippen LogP contribution is 2.22. The quantitative estimate of drug-likeness (QED) is 0.802. The lowest BCUT2D eigenvalue weighted by atomic mass is 10.2. The van der Waals surface area contributed by atoms with Crippen molar-refractivity contribution in [3.63, 3.8) is 0 Å². The highest BCUT2D eigenvalue weighted by atomic mass is 35.5. The second kappa shape index (κ2) is 9.30. The van der Waals surface area contributed by atoms with Gasteiger partial charge in [0.25, 0.3) is 5.91 Å². The van der Waals surface area contributed by atoms with Crippen LogP contribution in [0.2, 0.25) is 0 Å². The Hall–Kier alpha value is -2.24. The number of para-hydroxylation sites is 2. The normalized spacial score (nSPS) is 16.2. The standard InChI is InChI=1S/C19H22N2O3.ClH/c20-15-10-11-21(14-15)19(22)17-8-4-5-9-18(17)24-13-12-23-16-6-2-1-3-7-16;/h1-9,15H,10-14,20H2;1H. The van der Waals surface area contributed by atoms with Gasteiger partial charge in [-0.25, -0.2) is 0 Å². The van der Waals surface area contributed by atoms with Gasteiger partial charge in [0, 0.05) is 19.1 Å². The fourth-order valence-electron chi connectivity index (χ4n) is 2.74. The molecule has 2 N–H and O–H groups in total. The predicted octanol–water partition coefficient (Wildman–Crippen LogP) is 2.74. The van der Waals surface area contributed by atoms with Gasteiger partial charge in [-0.2, -0.15) is 0 Å². The molecule has 0 aromatic heterocycles. The number of hydrogen-bond acceptors (Lipinski definition) is 4. The highest BCUT2D eigenvalue weighted by molar-refractivity contribution is 5.97. The van der Waals surface area contributed by atoms with Crippen LogP contribution < -0.4 is 15.2 Å². The third kappa shape index (κ3) is 5.11. The highest BCUT2D eigenvalue weighted by Gasteiger charge is 2.26. The predicted molar refractivity (Wildman–Crippen MR) is 99.6 cm³/mol. The van der Waals surface area contributed by atoms with Crippen molar-refractivity contribution >= 4 is 18.3 Å². The lowest BCUT2D eigenvalue weighted by Gasteiger charge is -2.18. The number of halogens is 1. The van der Waals surface area contributed by atoms with Crippen molar-refractivity contribution in [2.24, 2.45) is 5.73 Å². The van der Waals surface area contributed by atoms with Crippen LogP contribution in [0.4, 0.5) is 0 Å². The van der Waals surface area contributed by atoms with Crippen LogP contribution in [0, 0.1) is 0 Å². The van der Waals surface area contributed by atoms with Gasteiger partial charge >= 0.3 is 0 Å². The van der Waals surface area contributed by atoms with Gasteiger partial charge in [-0.05, 0) is 30.7 Å². The molecule has 0 aliphatic carbocycles. The van der Waals surface area contributed by atoms with E-state index in [2.05, 4.69) is 0 Å². The summed E-state index contributed by atoms with van der Waals surface area (Å²) in [5, 5.41) is 0. The number of likely N-dealkylation sites (tertiary alicyclic amines) is 1. The van der Waals surface area contributed by atoms with Crippen molar-refractivity contribution < 1.29 is 14.3 Å². The largest absolute Gasteiger partial charge is 0.490 e. The number of carbonyl (C=O) groups excluding carboxylic acids is 1. The van der Waals surface area contributed by atoms with Crippen molar-refractivity contribution in [2.45, 2.75) is 12.5 Å². The summed E-state index contributed by atoms with van der Waals surface area (Å²) < 4.78 is 11.4. The molecule has 1 aliphatic heterocycles. The van der Waals surface area contributed by atoms with Crippen LogP contribution in [-0.2, 0) is 0 Å². The minimum atomic E-state index is -0.0254. The van der Waals surface area contributed by atoms with E-state index in [0.717, 1.165) is 12.2 Å². The Kier molecular flexibility index (Phi) is 7.10. The van der Waals surface area contributed by atoms with Gasteiger partial charge in [-0.15, -0.1) is 12.4 Å². The number of hydrogen-bond donors (Lipinski definition) is 1. The SMILES string of the molecule is Cl.NC1CCN(C(=O)c2ccccc2OCCOc2ccccc2)C1. The Balaban J connectivity index is 0.00000225. The molecule has 1 unspecified atom stereocenters. The lowest BCUT2D eigenvalue weighted by Crippen LogP contribution is -2.32. The van der Waals surface area contributed by atoms with E-state index in [1.807, 2.05) is 48.5 Å². The van der Waals surface area contributed by atoms with Gasteiger partial charge < -0.3 is 20.1 Å². The summed E-state index contributed by atoms with van der Waals surface area (Å²) in [7, 11) is 0. The minimum Gasteiger partial charge on any atom is -0.490 e. The smallest absolute Gasteiger partial charge is 0.257 e. The number of carbonyl (C=O) groups is 1. The maximum Gasteiger partial charge on any atom is 0.257 e. The summed E-state index contributed by atoms with van der Waals surface area (Å²) >= 11 is 0. The third-order valence-electron chi connectivity index (χ3n) is 3.98. The minimum absolute atomic E-state index is 0. The second-order valence-electron chi connectivity index (χ2n) is 5.81. The van der Waals surface area contributed by atoms with E-state index in [0.29, 0.717) is 37.6 Å². The third-order valence-corrected chi connectivity index (χ3v) is 3.98. The van der Waals surface area contributed by atoms with Crippen LogP contribution in [-0.4, -0.2) is 43.2 Å². The molecule has 6 heteroatoms. The molecule has 1 atom stereocenters. The molecule has 1 fully saturated rings. The summed E-state index contributed by atoms with van der Waals surface area (Å²) in [6.07, 6.45) is 0.847. The first-order valence-corrected chi connectivity index (χ1v) is 8.18. The number of amides is 1. The Morgan fingerprint density at radius 1 is 1.04 bits per heavy atom. The average Bonchev–Trinajstić information content (AvgIpc) is 3.06. The molecule has 25 heavy (non-hydrogen) atoms. The summed E-state index contributed by atoms with van der Waals surface area (Å²) in [6.45, 7) is 2.09. The molecule has 1 aliphatic rings. The maximum atomic E-state index is 12.6. The number of rotatable bonds is 6. The van der Waals surface area contributed by atoms with E-state index in [9.17, 15) is 4.79 Å². The van der Waals surface area contributed by atoms with Gasteiger partial charge in [0.15, 0.2) is 0 Å². The van der Waals surface area contributed by atoms with E-state index in [-0.39, 0.29) is 24.4 Å². The van der Waals surface area contributed by atoms with Crippen molar-refractivity contribution in [3.05, 3.63) is 60.2 Å². The zero-order valence-corrected chi connectivity index (χ0v) is 14.8. The van der Waals surface area contributed by atoms with Crippen molar-refractivity contribution in [1.82, 2.24) is 4.90 Å². The summed E-state index contributed by atoms with van der Waals surface area (Å²) in [4.78, 5) is 14.4. The molecule has 2 aromatic carbocycles. The Labute approximate surface area is 154 Å². The molecule has 0 spiro atoms. The second-order valence-corrected chi connectivity index (χ2v) is 5.81. The van der Waals surface area contributed by atoms with Crippen molar-refractivity contribution in [3.8, 4) is 11.5 Å². The molecular weight excluding hydrogens is 340 g/mol. The zero-order chi connectivity index (χ0) is 16.8. The molecule has 5 nitrogen and oxygen atoms in total. The Morgan fingerprint density at radius 2 is 1.72 bits per heavy atom. The van der Waals surface area contributed by atoms with Crippen LogP contribution in [0.15, 0.2) is 54.6 Å². The van der Waals surface area contributed by atoms with Crippen molar-refractivity contribution in [2.75, 3.05) is 26.3 Å². The summed E-state index contributed by atoms with van der Waals surface area (Å²) in [5.74, 6) is 1.36. The van der Waals surface area contributed by atoms with E-state index < -0.39 is 0 Å². The Morgan fingerprint density at radius 3 is 2.44 bits per heavy atom. The van der Waals surface area contributed by atoms with Crippen LogP contribution in [0.3, 0.4) is 0 Å². The molecule has 2 aromatic rings. The molecule has 0 bridgehead atoms. The molecule has 1 saturated heterocycles. The zero-order valence-electron chi connectivity index (χ0n) is 14.0. The summed E-state index contributed by atoms with van der Waals surface area (Å²) in [5.41, 5.74) is 6.47. The van der Waals surface area contributed by atoms with Gasteiger partial charge in [-0.3, -0.25) is 4.79 Å². The van der Waals surface area contributed by atoms with Crippen LogP contribution in [0.5, 0.6) is 11.5 Å². The molecule has 0 radical (unpaired) electrons. The number of benzene rings is 2. The molecule has 1 heterocycles. The van der Waals surface area contributed by atoms with Gasteiger partial charge in [0.2, 0.25) is 0 Å². The fraction of sp³-hybridized carbons (Fsp3) is 0.316. The van der Waals surface area contributed by atoms with Crippen LogP contribution in [0.25, 0.3) is 0 Å². The number of ether oxygens (including phenoxy) is 2. The van der Waals surface area contributed by atoms with Crippen LogP contribution >= 0.6 is 12.4 Å². The topological polar surface area (TPSA) is 64.8 Å². The first kappa shape index (κ1) is 19.1. The van der Waals surface area contributed by atoms with E-state index >= 15 is 0 Å². The monoisotopic (exact) mass is 362 g/mol. The van der Waals surface area contributed by atoms with E-state index in [4.69, 9.17) is 15.2 Å². The first-order valence-electron chi connectivity index (χ1n) is 8.18. The Bertz CT molecular complexity index is 681. The molecular formula is C19H23ClN2O3. The fourth-order valence-corrected chi connectivity index (χ4v) is 2.74. The first-order chi connectivity index (χ1) is 11.7. The van der Waals surface area contributed by atoms with Gasteiger partial charge in [0.05, 0.1) is 5.56 Å². The van der Waals surface area contributed by atoms with E-state index in [1.54, 1.807) is 11.0 Å².